The van der Waals surface area contributed by atoms with Gasteiger partial charge in [0.15, 0.2) is 0 Å². The fourth-order valence-corrected chi connectivity index (χ4v) is 2.54. The summed E-state index contributed by atoms with van der Waals surface area (Å²) in [6.45, 7) is 0.584. The predicted octanol–water partition coefficient (Wildman–Crippen LogP) is 0.959. The van der Waals surface area contributed by atoms with Gasteiger partial charge in [-0.05, 0) is 37.0 Å². The van der Waals surface area contributed by atoms with Crippen LogP contribution in [0.3, 0.4) is 0 Å². The van der Waals surface area contributed by atoms with Crippen LogP contribution >= 0.6 is 0 Å². The molecule has 1 aromatic rings. The van der Waals surface area contributed by atoms with E-state index in [0.29, 0.717) is 12.5 Å². The van der Waals surface area contributed by atoms with Crippen molar-refractivity contribution in [3.05, 3.63) is 29.6 Å². The summed E-state index contributed by atoms with van der Waals surface area (Å²) < 4.78 is 36.1. The number of amides is 1. The highest BCUT2D eigenvalue weighted by Crippen LogP contribution is 2.30. The van der Waals surface area contributed by atoms with Gasteiger partial charge in [0.25, 0.3) is 5.91 Å². The van der Waals surface area contributed by atoms with E-state index >= 15 is 0 Å². The van der Waals surface area contributed by atoms with Crippen LogP contribution in [0.15, 0.2) is 23.1 Å². The van der Waals surface area contributed by atoms with Gasteiger partial charge in [-0.3, -0.25) is 4.79 Å². The lowest BCUT2D eigenvalue weighted by Gasteiger charge is -2.20. The molecule has 1 aromatic carbocycles. The van der Waals surface area contributed by atoms with E-state index in [0.717, 1.165) is 31.0 Å². The number of primary sulfonamides is 1. The Balaban J connectivity index is 2.32. The number of benzene rings is 1. The van der Waals surface area contributed by atoms with Gasteiger partial charge in [-0.15, -0.1) is 6.42 Å². The van der Waals surface area contributed by atoms with Crippen LogP contribution in [0.4, 0.5) is 4.39 Å². The molecule has 1 saturated carbocycles. The van der Waals surface area contributed by atoms with Crippen molar-refractivity contribution in [2.75, 3.05) is 13.1 Å². The van der Waals surface area contributed by atoms with Crippen molar-refractivity contribution in [3.8, 4) is 12.3 Å². The van der Waals surface area contributed by atoms with Gasteiger partial charge >= 0.3 is 0 Å². The maximum Gasteiger partial charge on any atom is 0.254 e. The molecule has 0 aliphatic heterocycles. The number of hydrogen-bond donors (Lipinski definition) is 1. The van der Waals surface area contributed by atoms with Crippen molar-refractivity contribution in [1.82, 2.24) is 4.90 Å². The number of halogens is 1. The second kappa shape index (κ2) is 5.84. The van der Waals surface area contributed by atoms with Crippen LogP contribution in [0.25, 0.3) is 0 Å². The maximum absolute atomic E-state index is 13.5. The number of rotatable bonds is 5. The minimum Gasteiger partial charge on any atom is -0.327 e. The lowest BCUT2D eigenvalue weighted by Crippen LogP contribution is -2.33. The molecule has 0 spiro atoms. The Bertz CT molecular complexity index is 705. The zero-order valence-corrected chi connectivity index (χ0v) is 12.1. The van der Waals surface area contributed by atoms with Gasteiger partial charge in [0.05, 0.1) is 11.4 Å². The second-order valence-electron chi connectivity index (χ2n) is 5.05. The minimum absolute atomic E-state index is 0.0741. The number of carbonyl (C=O) groups is 1. The first kappa shape index (κ1) is 15.5. The van der Waals surface area contributed by atoms with Crippen LogP contribution in [-0.4, -0.2) is 32.3 Å². The van der Waals surface area contributed by atoms with Gasteiger partial charge in [0.2, 0.25) is 10.0 Å². The van der Waals surface area contributed by atoms with Crippen LogP contribution in [0, 0.1) is 24.1 Å². The summed E-state index contributed by atoms with van der Waals surface area (Å²) in [6, 6.07) is 2.82. The summed E-state index contributed by atoms with van der Waals surface area (Å²) >= 11 is 0. The fraction of sp³-hybridized carbons (Fsp3) is 0.357. The summed E-state index contributed by atoms with van der Waals surface area (Å²) in [7, 11) is -4.08. The monoisotopic (exact) mass is 310 g/mol. The summed E-state index contributed by atoms with van der Waals surface area (Å²) in [5, 5.41) is 4.97. The Labute approximate surface area is 123 Å². The van der Waals surface area contributed by atoms with E-state index in [1.807, 2.05) is 0 Å². The van der Waals surface area contributed by atoms with Crippen molar-refractivity contribution < 1.29 is 17.6 Å². The second-order valence-corrected chi connectivity index (χ2v) is 6.62. The van der Waals surface area contributed by atoms with E-state index in [9.17, 15) is 17.6 Å². The number of nitrogens with zero attached hydrogens (tertiary/aromatic N) is 1. The highest BCUT2D eigenvalue weighted by Gasteiger charge is 2.27. The lowest BCUT2D eigenvalue weighted by atomic mass is 10.2. The van der Waals surface area contributed by atoms with Gasteiger partial charge in [-0.1, -0.05) is 5.92 Å². The predicted molar refractivity (Wildman–Crippen MR) is 75.2 cm³/mol. The molecule has 0 bridgehead atoms. The van der Waals surface area contributed by atoms with Crippen LogP contribution in [0.2, 0.25) is 0 Å². The first-order valence-electron chi connectivity index (χ1n) is 6.37. The molecule has 0 heterocycles. The van der Waals surface area contributed by atoms with E-state index < -0.39 is 26.6 Å². The van der Waals surface area contributed by atoms with Crippen LogP contribution in [0.5, 0.6) is 0 Å². The van der Waals surface area contributed by atoms with E-state index in [4.69, 9.17) is 11.6 Å². The standard InChI is InChI=1S/C14H15FN2O3S/c1-2-5-17(9-10-3-4-10)14(18)11-6-12(15)8-13(7-11)21(16,19)20/h1,6-8,10H,3-5,9H2,(H2,16,19,20). The molecule has 1 amide bonds. The Morgan fingerprint density at radius 1 is 1.43 bits per heavy atom. The van der Waals surface area contributed by atoms with Crippen molar-refractivity contribution in [1.29, 1.82) is 0 Å². The maximum atomic E-state index is 13.5. The van der Waals surface area contributed by atoms with Gasteiger partial charge in [0.1, 0.15) is 5.82 Å². The highest BCUT2D eigenvalue weighted by molar-refractivity contribution is 7.89. The first-order chi connectivity index (χ1) is 9.81. The number of nitrogens with two attached hydrogens (primary N) is 1. The van der Waals surface area contributed by atoms with Crippen molar-refractivity contribution in [2.24, 2.45) is 11.1 Å². The van der Waals surface area contributed by atoms with Crippen LogP contribution in [0.1, 0.15) is 23.2 Å². The molecule has 0 unspecified atom stereocenters. The molecule has 1 aliphatic rings. The molecular weight excluding hydrogens is 295 g/mol. The molecule has 2 N–H and O–H groups in total. The molecule has 1 fully saturated rings. The number of sulfonamides is 1. The Morgan fingerprint density at radius 2 is 2.10 bits per heavy atom. The third-order valence-corrected chi connectivity index (χ3v) is 4.08. The molecule has 0 saturated heterocycles. The molecule has 5 nitrogen and oxygen atoms in total. The number of terminal acetylenes is 1. The van der Waals surface area contributed by atoms with Crippen LogP contribution in [-0.2, 0) is 10.0 Å². The molecular formula is C14H15FN2O3S. The van der Waals surface area contributed by atoms with E-state index in [1.54, 1.807) is 0 Å². The van der Waals surface area contributed by atoms with Crippen LogP contribution < -0.4 is 5.14 Å². The van der Waals surface area contributed by atoms with Gasteiger partial charge in [-0.2, -0.15) is 0 Å². The molecule has 7 heteroatoms. The normalized spacial score (nSPS) is 14.5. The van der Waals surface area contributed by atoms with E-state index in [2.05, 4.69) is 5.92 Å². The quantitative estimate of drug-likeness (QED) is 0.823. The lowest BCUT2D eigenvalue weighted by molar-refractivity contribution is 0.0769. The highest BCUT2D eigenvalue weighted by atomic mass is 32.2. The van der Waals surface area contributed by atoms with Gasteiger partial charge < -0.3 is 4.90 Å². The topological polar surface area (TPSA) is 80.5 Å². The molecule has 0 radical (unpaired) electrons. The zero-order valence-electron chi connectivity index (χ0n) is 11.3. The minimum atomic E-state index is -4.08. The summed E-state index contributed by atoms with van der Waals surface area (Å²) in [5.41, 5.74) is -0.0741. The largest absolute Gasteiger partial charge is 0.327 e. The third-order valence-electron chi connectivity index (χ3n) is 3.19. The molecule has 0 aromatic heterocycles. The smallest absolute Gasteiger partial charge is 0.254 e. The third kappa shape index (κ3) is 4.03. The summed E-state index contributed by atoms with van der Waals surface area (Å²) in [4.78, 5) is 13.3. The average molecular weight is 310 g/mol. The van der Waals surface area contributed by atoms with Crippen molar-refractivity contribution in [3.63, 3.8) is 0 Å². The van der Waals surface area contributed by atoms with Crippen molar-refractivity contribution in [2.45, 2.75) is 17.7 Å². The molecule has 112 valence electrons. The Morgan fingerprint density at radius 3 is 2.62 bits per heavy atom. The van der Waals surface area contributed by atoms with Crippen molar-refractivity contribution >= 4 is 15.9 Å². The zero-order chi connectivity index (χ0) is 15.6. The molecule has 1 aliphatic carbocycles. The van der Waals surface area contributed by atoms with E-state index in [-0.39, 0.29) is 12.1 Å². The SMILES string of the molecule is C#CCN(CC1CC1)C(=O)c1cc(F)cc(S(N)(=O)=O)c1. The average Bonchev–Trinajstić information content (AvgIpc) is 3.19. The fourth-order valence-electron chi connectivity index (χ4n) is 1.97. The van der Waals surface area contributed by atoms with Gasteiger partial charge in [-0.25, -0.2) is 17.9 Å². The van der Waals surface area contributed by atoms with Gasteiger partial charge in [0, 0.05) is 12.1 Å². The molecule has 21 heavy (non-hydrogen) atoms. The first-order valence-corrected chi connectivity index (χ1v) is 7.92. The number of hydrogen-bond acceptors (Lipinski definition) is 3. The Hall–Kier alpha value is -1.91. The Kier molecular flexibility index (Phi) is 4.30. The summed E-state index contributed by atoms with van der Waals surface area (Å²) in [5.74, 6) is 1.46. The summed E-state index contributed by atoms with van der Waals surface area (Å²) in [6.07, 6.45) is 7.29. The molecule has 0 atom stereocenters. The number of carbonyl (C=O) groups excluding carboxylic acids is 1. The van der Waals surface area contributed by atoms with E-state index in [1.165, 1.54) is 4.90 Å². The molecule has 2 rings (SSSR count).